The van der Waals surface area contributed by atoms with Crippen LogP contribution in [-0.4, -0.2) is 30.6 Å². The van der Waals surface area contributed by atoms with Crippen molar-refractivity contribution in [1.82, 2.24) is 4.90 Å². The third-order valence-electron chi connectivity index (χ3n) is 2.26. The van der Waals surface area contributed by atoms with Gasteiger partial charge in [0.15, 0.2) is 0 Å². The molecular formula is C9H18N2. The van der Waals surface area contributed by atoms with Crippen LogP contribution in [0, 0.1) is 0 Å². The quantitative estimate of drug-likeness (QED) is 0.614. The van der Waals surface area contributed by atoms with Crippen LogP contribution in [0.2, 0.25) is 0 Å². The van der Waals surface area contributed by atoms with Gasteiger partial charge < -0.3 is 5.73 Å². The van der Waals surface area contributed by atoms with Gasteiger partial charge in [0.1, 0.15) is 0 Å². The van der Waals surface area contributed by atoms with Crippen LogP contribution >= 0.6 is 0 Å². The van der Waals surface area contributed by atoms with E-state index in [9.17, 15) is 0 Å². The molecule has 1 aliphatic heterocycles. The lowest BCUT2D eigenvalue weighted by atomic mass is 10.2. The zero-order valence-corrected chi connectivity index (χ0v) is 7.34. The van der Waals surface area contributed by atoms with Gasteiger partial charge in [0.05, 0.1) is 0 Å². The third-order valence-corrected chi connectivity index (χ3v) is 2.26. The fraction of sp³-hybridized carbons (Fsp3) is 0.778. The zero-order chi connectivity index (χ0) is 8.27. The number of likely N-dealkylation sites (tertiary alicyclic amines) is 1. The highest BCUT2D eigenvalue weighted by Gasteiger charge is 2.18. The molecule has 0 aromatic heterocycles. The van der Waals surface area contributed by atoms with Gasteiger partial charge in [-0.3, -0.25) is 4.90 Å². The van der Waals surface area contributed by atoms with Gasteiger partial charge in [-0.15, -0.1) is 0 Å². The number of nitrogens with two attached hydrogens (primary N) is 1. The Balaban J connectivity index is 2.23. The maximum atomic E-state index is 5.77. The molecule has 0 radical (unpaired) electrons. The van der Waals surface area contributed by atoms with E-state index < -0.39 is 0 Å². The van der Waals surface area contributed by atoms with Gasteiger partial charge >= 0.3 is 0 Å². The zero-order valence-electron chi connectivity index (χ0n) is 7.34. The van der Waals surface area contributed by atoms with Crippen LogP contribution in [0.4, 0.5) is 0 Å². The first kappa shape index (κ1) is 8.75. The Kier molecular flexibility index (Phi) is 3.09. The van der Waals surface area contributed by atoms with Crippen LogP contribution in [0.25, 0.3) is 0 Å². The van der Waals surface area contributed by atoms with E-state index in [0.717, 1.165) is 32.5 Å². The minimum Gasteiger partial charge on any atom is -0.326 e. The molecule has 0 unspecified atom stereocenters. The van der Waals surface area contributed by atoms with E-state index in [1.54, 1.807) is 0 Å². The van der Waals surface area contributed by atoms with Crippen molar-refractivity contribution < 1.29 is 0 Å². The van der Waals surface area contributed by atoms with Crippen LogP contribution < -0.4 is 5.73 Å². The molecule has 0 amide bonds. The average molecular weight is 154 g/mol. The van der Waals surface area contributed by atoms with Gasteiger partial charge in [0.25, 0.3) is 0 Å². The van der Waals surface area contributed by atoms with E-state index in [4.69, 9.17) is 5.73 Å². The van der Waals surface area contributed by atoms with E-state index in [1.165, 1.54) is 5.57 Å². The molecule has 1 fully saturated rings. The van der Waals surface area contributed by atoms with Crippen molar-refractivity contribution in [3.05, 3.63) is 12.2 Å². The van der Waals surface area contributed by atoms with Crippen LogP contribution in [0.1, 0.15) is 19.8 Å². The smallest absolute Gasteiger partial charge is 0.0190 e. The monoisotopic (exact) mass is 154 g/mol. The summed E-state index contributed by atoms with van der Waals surface area (Å²) in [6.45, 7) is 9.38. The first-order chi connectivity index (χ1) is 5.22. The normalized spacial score (nSPS) is 25.8. The van der Waals surface area contributed by atoms with E-state index in [-0.39, 0.29) is 0 Å². The van der Waals surface area contributed by atoms with Crippen LogP contribution in [-0.2, 0) is 0 Å². The summed E-state index contributed by atoms with van der Waals surface area (Å²) in [5, 5.41) is 0. The van der Waals surface area contributed by atoms with E-state index in [0.29, 0.717) is 6.04 Å². The Hall–Kier alpha value is -0.340. The maximum Gasteiger partial charge on any atom is 0.0190 e. The molecule has 1 atom stereocenters. The maximum absolute atomic E-state index is 5.77. The first-order valence-corrected chi connectivity index (χ1v) is 4.37. The molecule has 1 saturated heterocycles. The summed E-state index contributed by atoms with van der Waals surface area (Å²) in [5.74, 6) is 0. The van der Waals surface area contributed by atoms with Gasteiger partial charge in [-0.25, -0.2) is 0 Å². The van der Waals surface area contributed by atoms with E-state index in [1.807, 2.05) is 0 Å². The molecule has 1 rings (SSSR count). The predicted octanol–water partition coefficient (Wildman–Crippen LogP) is 0.986. The van der Waals surface area contributed by atoms with Crippen LogP contribution in [0.5, 0.6) is 0 Å². The van der Waals surface area contributed by atoms with Crippen molar-refractivity contribution in [2.75, 3.05) is 19.6 Å². The van der Waals surface area contributed by atoms with Crippen molar-refractivity contribution in [2.24, 2.45) is 5.73 Å². The lowest BCUT2D eigenvalue weighted by molar-refractivity contribution is 0.361. The Morgan fingerprint density at radius 1 is 1.73 bits per heavy atom. The summed E-state index contributed by atoms with van der Waals surface area (Å²) in [6.07, 6.45) is 2.24. The second-order valence-corrected chi connectivity index (χ2v) is 3.39. The Morgan fingerprint density at radius 3 is 2.91 bits per heavy atom. The summed E-state index contributed by atoms with van der Waals surface area (Å²) in [7, 11) is 0. The van der Waals surface area contributed by atoms with E-state index >= 15 is 0 Å². The van der Waals surface area contributed by atoms with Crippen molar-refractivity contribution in [3.8, 4) is 0 Å². The van der Waals surface area contributed by atoms with Gasteiger partial charge in [-0.1, -0.05) is 19.1 Å². The molecule has 0 saturated carbocycles. The minimum absolute atomic E-state index is 0.402. The molecule has 0 bridgehead atoms. The summed E-state index contributed by atoms with van der Waals surface area (Å²) < 4.78 is 0. The second-order valence-electron chi connectivity index (χ2n) is 3.39. The largest absolute Gasteiger partial charge is 0.326 e. The molecule has 0 spiro atoms. The first-order valence-electron chi connectivity index (χ1n) is 4.37. The van der Waals surface area contributed by atoms with Crippen LogP contribution in [0.15, 0.2) is 12.2 Å². The highest BCUT2D eigenvalue weighted by molar-refractivity contribution is 4.97. The molecule has 2 heteroatoms. The second kappa shape index (κ2) is 3.88. The summed E-state index contributed by atoms with van der Waals surface area (Å²) in [6, 6.07) is 0.402. The van der Waals surface area contributed by atoms with Crippen molar-refractivity contribution in [1.29, 1.82) is 0 Å². The van der Waals surface area contributed by atoms with Crippen molar-refractivity contribution in [2.45, 2.75) is 25.8 Å². The average Bonchev–Trinajstić information content (AvgIpc) is 2.35. The minimum atomic E-state index is 0.402. The summed E-state index contributed by atoms with van der Waals surface area (Å²) in [5.41, 5.74) is 7.09. The standard InChI is InChI=1S/C9H18N2/c1-3-8(2)6-11-5-4-9(10)7-11/h9H,2-7,10H2,1H3/t9-/m0/s1. The fourth-order valence-corrected chi connectivity index (χ4v) is 1.43. The predicted molar refractivity (Wildman–Crippen MR) is 48.5 cm³/mol. The van der Waals surface area contributed by atoms with Crippen LogP contribution in [0.3, 0.4) is 0 Å². The Morgan fingerprint density at radius 2 is 2.45 bits per heavy atom. The topological polar surface area (TPSA) is 29.3 Å². The number of hydrogen-bond donors (Lipinski definition) is 1. The highest BCUT2D eigenvalue weighted by Crippen LogP contribution is 2.09. The molecule has 2 N–H and O–H groups in total. The van der Waals surface area contributed by atoms with Gasteiger partial charge in [0, 0.05) is 25.7 Å². The molecule has 11 heavy (non-hydrogen) atoms. The molecule has 1 heterocycles. The molecule has 0 aromatic rings. The van der Waals surface area contributed by atoms with Crippen molar-refractivity contribution >= 4 is 0 Å². The number of hydrogen-bond acceptors (Lipinski definition) is 2. The molecule has 1 aliphatic rings. The van der Waals surface area contributed by atoms with Crippen molar-refractivity contribution in [3.63, 3.8) is 0 Å². The SMILES string of the molecule is C=C(CC)CN1CC[C@H](N)C1. The number of rotatable bonds is 3. The number of nitrogens with zero attached hydrogens (tertiary/aromatic N) is 1. The fourth-order valence-electron chi connectivity index (χ4n) is 1.43. The molecular weight excluding hydrogens is 136 g/mol. The molecule has 0 aromatic carbocycles. The van der Waals surface area contributed by atoms with Gasteiger partial charge in [-0.05, 0) is 12.8 Å². The lowest BCUT2D eigenvalue weighted by Crippen LogP contribution is -2.27. The third kappa shape index (κ3) is 2.64. The Labute approximate surface area is 69.1 Å². The Bertz CT molecular complexity index is 142. The van der Waals surface area contributed by atoms with Gasteiger partial charge in [0.2, 0.25) is 0 Å². The molecule has 2 nitrogen and oxygen atoms in total. The van der Waals surface area contributed by atoms with E-state index in [2.05, 4.69) is 18.4 Å². The lowest BCUT2D eigenvalue weighted by Gasteiger charge is -2.15. The van der Waals surface area contributed by atoms with Gasteiger partial charge in [-0.2, -0.15) is 0 Å². The molecule has 64 valence electrons. The highest BCUT2D eigenvalue weighted by atomic mass is 15.2. The summed E-state index contributed by atoms with van der Waals surface area (Å²) >= 11 is 0. The summed E-state index contributed by atoms with van der Waals surface area (Å²) in [4.78, 5) is 2.39. The molecule has 0 aliphatic carbocycles.